The number of hydrazine groups is 1. The minimum Gasteiger partial charge on any atom is -0.335 e. The first-order chi connectivity index (χ1) is 9.71. The van der Waals surface area contributed by atoms with Gasteiger partial charge in [0.25, 0.3) is 0 Å². The molecule has 1 saturated heterocycles. The number of amides is 1. The van der Waals surface area contributed by atoms with Gasteiger partial charge in [-0.25, -0.2) is 15.8 Å². The molecule has 3 heterocycles. The molecule has 1 unspecified atom stereocenters. The van der Waals surface area contributed by atoms with Gasteiger partial charge in [0.15, 0.2) is 11.6 Å². The number of nitrogens with zero attached hydrogens (tertiary/aromatic N) is 3. The van der Waals surface area contributed by atoms with Gasteiger partial charge in [0.2, 0.25) is 5.91 Å². The maximum Gasteiger partial charge on any atom is 0.223 e. The molecule has 20 heavy (non-hydrogen) atoms. The molecule has 1 aliphatic heterocycles. The number of nitrogens with one attached hydrogen (secondary N) is 1. The van der Waals surface area contributed by atoms with Gasteiger partial charge in [0.1, 0.15) is 4.83 Å². The number of carbonyl (C=O) groups excluding carboxylic acids is 1. The number of rotatable bonds is 4. The van der Waals surface area contributed by atoms with Gasteiger partial charge < -0.3 is 10.3 Å². The van der Waals surface area contributed by atoms with E-state index in [0.29, 0.717) is 30.5 Å². The summed E-state index contributed by atoms with van der Waals surface area (Å²) in [5.41, 5.74) is 2.60. The summed E-state index contributed by atoms with van der Waals surface area (Å²) in [6.45, 7) is 3.37. The smallest absolute Gasteiger partial charge is 0.223 e. The molecule has 2 aromatic heterocycles. The van der Waals surface area contributed by atoms with Gasteiger partial charge in [-0.3, -0.25) is 4.79 Å². The SMILES string of the molecule is CCC1CC(=O)N(Cc2nc(NN)c3ccsc3n2)C1. The largest absolute Gasteiger partial charge is 0.335 e. The van der Waals surface area contributed by atoms with E-state index in [1.807, 2.05) is 16.3 Å². The molecule has 1 atom stereocenters. The second-order valence-electron chi connectivity index (χ2n) is 5.02. The van der Waals surface area contributed by atoms with Gasteiger partial charge in [-0.2, -0.15) is 0 Å². The number of anilines is 1. The molecule has 0 bridgehead atoms. The van der Waals surface area contributed by atoms with Crippen LogP contribution in [0.2, 0.25) is 0 Å². The van der Waals surface area contributed by atoms with Crippen molar-refractivity contribution in [1.29, 1.82) is 0 Å². The summed E-state index contributed by atoms with van der Waals surface area (Å²) in [6, 6.07) is 1.94. The highest BCUT2D eigenvalue weighted by Crippen LogP contribution is 2.26. The Kier molecular flexibility index (Phi) is 3.54. The molecule has 0 saturated carbocycles. The molecule has 1 aliphatic rings. The third kappa shape index (κ3) is 2.34. The fourth-order valence-electron chi connectivity index (χ4n) is 2.53. The third-order valence-electron chi connectivity index (χ3n) is 3.71. The van der Waals surface area contributed by atoms with Crippen molar-refractivity contribution in [2.45, 2.75) is 26.3 Å². The van der Waals surface area contributed by atoms with Gasteiger partial charge in [0, 0.05) is 13.0 Å². The molecule has 0 spiro atoms. The standard InChI is InChI=1S/C13H17N5OS/c1-2-8-5-11(19)18(6-8)7-10-15-12(17-14)9-3-4-20-13(9)16-10/h3-4,8H,2,5-7,14H2,1H3,(H,15,16,17). The lowest BCUT2D eigenvalue weighted by molar-refractivity contribution is -0.128. The van der Waals surface area contributed by atoms with E-state index in [0.717, 1.165) is 23.2 Å². The van der Waals surface area contributed by atoms with Crippen LogP contribution in [-0.4, -0.2) is 27.3 Å². The molecule has 0 radical (unpaired) electrons. The summed E-state index contributed by atoms with van der Waals surface area (Å²) < 4.78 is 0. The van der Waals surface area contributed by atoms with E-state index in [4.69, 9.17) is 5.84 Å². The minimum atomic E-state index is 0.189. The molecule has 2 aromatic rings. The van der Waals surface area contributed by atoms with E-state index in [9.17, 15) is 4.79 Å². The zero-order valence-electron chi connectivity index (χ0n) is 11.3. The van der Waals surface area contributed by atoms with Crippen molar-refractivity contribution in [2.24, 2.45) is 11.8 Å². The normalized spacial score (nSPS) is 19.0. The number of fused-ring (bicyclic) bond motifs is 1. The summed E-state index contributed by atoms with van der Waals surface area (Å²) in [5.74, 6) is 7.41. The number of aromatic nitrogens is 2. The first-order valence-electron chi connectivity index (χ1n) is 6.69. The predicted molar refractivity (Wildman–Crippen MR) is 79.0 cm³/mol. The predicted octanol–water partition coefficient (Wildman–Crippen LogP) is 1.74. The summed E-state index contributed by atoms with van der Waals surface area (Å²) in [6.07, 6.45) is 1.67. The molecule has 3 rings (SSSR count). The Hall–Kier alpha value is -1.73. The summed E-state index contributed by atoms with van der Waals surface area (Å²) in [4.78, 5) is 23.6. The van der Waals surface area contributed by atoms with Gasteiger partial charge in [-0.05, 0) is 17.4 Å². The van der Waals surface area contributed by atoms with Crippen molar-refractivity contribution in [2.75, 3.05) is 12.0 Å². The van der Waals surface area contributed by atoms with Crippen molar-refractivity contribution in [3.8, 4) is 0 Å². The van der Waals surface area contributed by atoms with E-state index in [-0.39, 0.29) is 5.91 Å². The molecule has 0 aromatic carbocycles. The maximum absolute atomic E-state index is 11.9. The van der Waals surface area contributed by atoms with Crippen LogP contribution >= 0.6 is 11.3 Å². The van der Waals surface area contributed by atoms with Crippen LogP contribution in [0.3, 0.4) is 0 Å². The lowest BCUT2D eigenvalue weighted by Gasteiger charge is -2.15. The van der Waals surface area contributed by atoms with Crippen molar-refractivity contribution < 1.29 is 4.79 Å². The molecule has 6 nitrogen and oxygen atoms in total. The number of nitrogens with two attached hydrogens (primary N) is 1. The average molecular weight is 291 g/mol. The van der Waals surface area contributed by atoms with Crippen molar-refractivity contribution in [3.05, 3.63) is 17.3 Å². The number of thiophene rings is 1. The quantitative estimate of drug-likeness (QED) is 0.662. The van der Waals surface area contributed by atoms with Crippen LogP contribution in [-0.2, 0) is 11.3 Å². The van der Waals surface area contributed by atoms with Crippen molar-refractivity contribution in [3.63, 3.8) is 0 Å². The number of hydrogen-bond acceptors (Lipinski definition) is 6. The summed E-state index contributed by atoms with van der Waals surface area (Å²) >= 11 is 1.54. The Balaban J connectivity index is 1.85. The Bertz CT molecular complexity index is 641. The number of carbonyl (C=O) groups is 1. The van der Waals surface area contributed by atoms with Crippen LogP contribution in [0.5, 0.6) is 0 Å². The van der Waals surface area contributed by atoms with Gasteiger partial charge in [-0.1, -0.05) is 13.3 Å². The molecular formula is C13H17N5OS. The second kappa shape index (κ2) is 5.34. The summed E-state index contributed by atoms with van der Waals surface area (Å²) in [5, 5.41) is 2.87. The zero-order chi connectivity index (χ0) is 14.1. The minimum absolute atomic E-state index is 0.189. The number of hydrogen-bond donors (Lipinski definition) is 2. The Labute approximate surface area is 121 Å². The maximum atomic E-state index is 11.9. The third-order valence-corrected chi connectivity index (χ3v) is 4.52. The van der Waals surface area contributed by atoms with Gasteiger partial charge in [-0.15, -0.1) is 11.3 Å². The molecule has 7 heteroatoms. The first-order valence-corrected chi connectivity index (χ1v) is 7.57. The topological polar surface area (TPSA) is 84.1 Å². The Morgan fingerprint density at radius 2 is 2.40 bits per heavy atom. The molecule has 0 aliphatic carbocycles. The second-order valence-corrected chi connectivity index (χ2v) is 5.92. The average Bonchev–Trinajstić information content (AvgIpc) is 3.05. The van der Waals surface area contributed by atoms with Crippen LogP contribution in [0.1, 0.15) is 25.6 Å². The van der Waals surface area contributed by atoms with Crippen LogP contribution in [0.15, 0.2) is 11.4 Å². The Morgan fingerprint density at radius 3 is 3.10 bits per heavy atom. The van der Waals surface area contributed by atoms with E-state index in [1.165, 1.54) is 0 Å². The van der Waals surface area contributed by atoms with Crippen LogP contribution in [0.25, 0.3) is 10.2 Å². The fourth-order valence-corrected chi connectivity index (χ4v) is 3.31. The van der Waals surface area contributed by atoms with Crippen LogP contribution < -0.4 is 11.3 Å². The lowest BCUT2D eigenvalue weighted by Crippen LogP contribution is -2.26. The van der Waals surface area contributed by atoms with E-state index >= 15 is 0 Å². The molecule has 3 N–H and O–H groups in total. The highest BCUT2D eigenvalue weighted by Gasteiger charge is 2.29. The van der Waals surface area contributed by atoms with Crippen molar-refractivity contribution >= 4 is 33.3 Å². The highest BCUT2D eigenvalue weighted by molar-refractivity contribution is 7.16. The molecule has 1 fully saturated rings. The van der Waals surface area contributed by atoms with Crippen molar-refractivity contribution in [1.82, 2.24) is 14.9 Å². The highest BCUT2D eigenvalue weighted by atomic mass is 32.1. The molecule has 106 valence electrons. The summed E-state index contributed by atoms with van der Waals surface area (Å²) in [7, 11) is 0. The van der Waals surface area contributed by atoms with E-state index in [2.05, 4.69) is 22.3 Å². The number of likely N-dealkylation sites (tertiary alicyclic amines) is 1. The van der Waals surface area contributed by atoms with E-state index in [1.54, 1.807) is 11.3 Å². The van der Waals surface area contributed by atoms with E-state index < -0.39 is 0 Å². The van der Waals surface area contributed by atoms with Crippen LogP contribution in [0.4, 0.5) is 5.82 Å². The molecule has 1 amide bonds. The van der Waals surface area contributed by atoms with Gasteiger partial charge >= 0.3 is 0 Å². The van der Waals surface area contributed by atoms with Gasteiger partial charge in [0.05, 0.1) is 11.9 Å². The number of nitrogen functional groups attached to an aromatic ring is 1. The first kappa shape index (κ1) is 13.3. The Morgan fingerprint density at radius 1 is 1.55 bits per heavy atom. The molecular weight excluding hydrogens is 274 g/mol. The monoisotopic (exact) mass is 291 g/mol. The fraction of sp³-hybridized carbons (Fsp3) is 0.462. The lowest BCUT2D eigenvalue weighted by atomic mass is 10.1. The van der Waals surface area contributed by atoms with Crippen LogP contribution in [0, 0.1) is 5.92 Å². The zero-order valence-corrected chi connectivity index (χ0v) is 12.1.